The third-order valence-electron chi connectivity index (χ3n) is 6.07. The van der Waals surface area contributed by atoms with Crippen LogP contribution in [0.15, 0.2) is 30.7 Å². The lowest BCUT2D eigenvalue weighted by molar-refractivity contribution is 0.221. The van der Waals surface area contributed by atoms with E-state index in [1.165, 1.54) is 0 Å². The molecule has 0 amide bonds. The maximum Gasteiger partial charge on any atom is 0.159 e. The van der Waals surface area contributed by atoms with E-state index in [0.29, 0.717) is 34.8 Å². The lowest BCUT2D eigenvalue weighted by atomic mass is 9.98. The molecule has 4 aromatic rings. The number of hydrogen-bond donors (Lipinski definition) is 2. The first-order chi connectivity index (χ1) is 15.3. The Morgan fingerprint density at radius 3 is 2.78 bits per heavy atom. The van der Waals surface area contributed by atoms with Crippen molar-refractivity contribution in [2.45, 2.75) is 51.4 Å². The number of alkyl halides is 1. The minimum atomic E-state index is -1.15. The van der Waals surface area contributed by atoms with Crippen molar-refractivity contribution in [3.63, 3.8) is 0 Å². The normalized spacial score (nSPS) is 14.7. The molecule has 32 heavy (non-hydrogen) atoms. The number of aromatic nitrogens is 5. The highest BCUT2D eigenvalue weighted by Crippen LogP contribution is 2.37. The van der Waals surface area contributed by atoms with E-state index in [1.54, 1.807) is 10.9 Å². The maximum absolute atomic E-state index is 15.1. The molecule has 1 aromatic carbocycles. The van der Waals surface area contributed by atoms with Crippen LogP contribution in [-0.4, -0.2) is 50.0 Å². The summed E-state index contributed by atoms with van der Waals surface area (Å²) < 4.78 is 16.8. The van der Waals surface area contributed by atoms with Crippen LogP contribution in [0.1, 0.15) is 33.1 Å². The summed E-state index contributed by atoms with van der Waals surface area (Å²) in [6.07, 6.45) is 6.40. The van der Waals surface area contributed by atoms with Crippen molar-refractivity contribution in [3.05, 3.63) is 35.7 Å². The first kappa shape index (κ1) is 22.5. The Labute approximate surface area is 191 Å². The fourth-order valence-corrected chi connectivity index (χ4v) is 4.62. The average molecular weight is 458 g/mol. The third kappa shape index (κ3) is 3.93. The quantitative estimate of drug-likeness (QED) is 0.395. The van der Waals surface area contributed by atoms with Gasteiger partial charge in [0.1, 0.15) is 17.5 Å². The fraction of sp³-hybridized carbons (Fsp3) is 0.435. The molecule has 3 heterocycles. The molecule has 0 aliphatic heterocycles. The molecule has 0 spiro atoms. The molecular weight excluding hydrogens is 429 g/mol. The number of aryl methyl sites for hydroxylation is 1. The Morgan fingerprint density at radius 2 is 2.06 bits per heavy atom. The third-order valence-corrected chi connectivity index (χ3v) is 6.48. The molecule has 0 saturated carbocycles. The number of nitrogens with one attached hydrogen (secondary N) is 1. The van der Waals surface area contributed by atoms with Crippen LogP contribution in [0.4, 0.5) is 10.2 Å². The van der Waals surface area contributed by atoms with Gasteiger partial charge in [0, 0.05) is 49.0 Å². The lowest BCUT2D eigenvalue weighted by Gasteiger charge is -2.33. The van der Waals surface area contributed by atoms with Crippen LogP contribution in [0.3, 0.4) is 0 Å². The molecule has 0 saturated heterocycles. The molecule has 4 rings (SSSR count). The van der Waals surface area contributed by atoms with E-state index >= 15 is 4.39 Å². The first-order valence-electron chi connectivity index (χ1n) is 10.9. The second kappa shape index (κ2) is 9.03. The van der Waals surface area contributed by atoms with Crippen molar-refractivity contribution < 1.29 is 4.39 Å². The summed E-state index contributed by atoms with van der Waals surface area (Å²) in [6, 6.07) is 3.02. The van der Waals surface area contributed by atoms with Crippen molar-refractivity contribution in [3.8, 4) is 11.1 Å². The Morgan fingerprint density at radius 1 is 1.28 bits per heavy atom. The van der Waals surface area contributed by atoms with Gasteiger partial charge >= 0.3 is 0 Å². The molecule has 3 N–H and O–H groups in total. The van der Waals surface area contributed by atoms with Crippen molar-refractivity contribution in [2.75, 3.05) is 11.9 Å². The highest BCUT2D eigenvalue weighted by molar-refractivity contribution is 6.38. The van der Waals surface area contributed by atoms with E-state index in [4.69, 9.17) is 22.3 Å². The highest BCUT2D eigenvalue weighted by Gasteiger charge is 2.30. The summed E-state index contributed by atoms with van der Waals surface area (Å²) in [5, 5.41) is 5.91. The Balaban J connectivity index is 1.68. The van der Waals surface area contributed by atoms with Crippen LogP contribution >= 0.6 is 11.6 Å². The summed E-state index contributed by atoms with van der Waals surface area (Å²) in [6.45, 7) is 3.97. The molecule has 3 aromatic heterocycles. The number of H-pyrrole nitrogens is 1. The summed E-state index contributed by atoms with van der Waals surface area (Å²) in [5.74, 6) is 0.595. The number of fused-ring (bicyclic) bond motifs is 2. The molecule has 0 fully saturated rings. The number of benzene rings is 1. The van der Waals surface area contributed by atoms with Gasteiger partial charge in [0.25, 0.3) is 0 Å². The Bertz CT molecular complexity index is 1230. The molecular formula is C23H29ClFN7. The van der Waals surface area contributed by atoms with E-state index in [1.807, 2.05) is 57.4 Å². The largest absolute Gasteiger partial charge is 0.352 e. The monoisotopic (exact) mass is 457 g/mol. The molecule has 3 atom stereocenters. The minimum absolute atomic E-state index is 0.375. The molecule has 0 unspecified atom stereocenters. The zero-order chi connectivity index (χ0) is 23.0. The Kier molecular flexibility index (Phi) is 6.35. The van der Waals surface area contributed by atoms with Gasteiger partial charge < -0.3 is 15.6 Å². The fourth-order valence-electron chi connectivity index (χ4n) is 4.31. The number of nitrogens with two attached hydrogens (primary N) is 1. The molecule has 0 radical (unpaired) electrons. The van der Waals surface area contributed by atoms with Crippen molar-refractivity contribution in [1.29, 1.82) is 0 Å². The van der Waals surface area contributed by atoms with Crippen LogP contribution in [0.2, 0.25) is 5.02 Å². The second-order valence-corrected chi connectivity index (χ2v) is 8.65. The summed E-state index contributed by atoms with van der Waals surface area (Å²) >= 11 is 6.70. The van der Waals surface area contributed by atoms with Crippen LogP contribution in [0.5, 0.6) is 0 Å². The van der Waals surface area contributed by atoms with Gasteiger partial charge in [-0.2, -0.15) is 5.10 Å². The zero-order valence-corrected chi connectivity index (χ0v) is 19.6. The highest BCUT2D eigenvalue weighted by atomic mass is 35.5. The maximum atomic E-state index is 15.1. The van der Waals surface area contributed by atoms with E-state index in [9.17, 15) is 0 Å². The van der Waals surface area contributed by atoms with E-state index in [-0.39, 0.29) is 6.04 Å². The molecule has 7 nitrogen and oxygen atoms in total. The number of rotatable bonds is 8. The predicted octanol–water partition coefficient (Wildman–Crippen LogP) is 4.85. The first-order valence-corrected chi connectivity index (χ1v) is 11.3. The average Bonchev–Trinajstić information content (AvgIpc) is 3.37. The minimum Gasteiger partial charge on any atom is -0.352 e. The second-order valence-electron chi connectivity index (χ2n) is 8.27. The zero-order valence-electron chi connectivity index (χ0n) is 18.8. The molecule has 0 aliphatic carbocycles. The van der Waals surface area contributed by atoms with Crippen molar-refractivity contribution >= 4 is 39.5 Å². The van der Waals surface area contributed by atoms with Crippen LogP contribution < -0.4 is 10.6 Å². The van der Waals surface area contributed by atoms with E-state index in [0.717, 1.165) is 28.5 Å². The van der Waals surface area contributed by atoms with Gasteiger partial charge in [-0.05, 0) is 18.9 Å². The number of aromatic amines is 1. The lowest BCUT2D eigenvalue weighted by Crippen LogP contribution is -2.48. The summed E-state index contributed by atoms with van der Waals surface area (Å²) in [5.41, 5.74) is 9.95. The molecule has 0 bridgehead atoms. The van der Waals surface area contributed by atoms with Crippen LogP contribution in [-0.2, 0) is 7.05 Å². The van der Waals surface area contributed by atoms with Gasteiger partial charge in [-0.1, -0.05) is 37.9 Å². The molecule has 170 valence electrons. The summed E-state index contributed by atoms with van der Waals surface area (Å²) in [4.78, 5) is 14.4. The standard InChI is InChI=1S/C23H29ClFN7/c1-5-7-16(26)21(25)18(6-2)32(4)19-11-27-22-14(10-28-23(22)29-19)13-8-9-17-15(20(13)24)12-31(3)30-17/h8-12,16,18,21H,5-7,26H2,1-4H3,(H,28,29)/t16-,18-,21+/m1/s1. The molecule has 0 aliphatic rings. The van der Waals surface area contributed by atoms with Crippen LogP contribution in [0, 0.1) is 0 Å². The number of hydrogen-bond acceptors (Lipinski definition) is 5. The van der Waals surface area contributed by atoms with Crippen LogP contribution in [0.25, 0.3) is 33.2 Å². The number of halogens is 2. The van der Waals surface area contributed by atoms with Gasteiger partial charge in [0.2, 0.25) is 0 Å². The van der Waals surface area contributed by atoms with Gasteiger partial charge in [0.15, 0.2) is 5.65 Å². The summed E-state index contributed by atoms with van der Waals surface area (Å²) in [7, 11) is 3.71. The van der Waals surface area contributed by atoms with E-state index in [2.05, 4.69) is 15.1 Å². The van der Waals surface area contributed by atoms with Crippen molar-refractivity contribution in [1.82, 2.24) is 24.7 Å². The van der Waals surface area contributed by atoms with Gasteiger partial charge in [-0.3, -0.25) is 4.68 Å². The number of nitrogens with zero attached hydrogens (tertiary/aromatic N) is 5. The SMILES string of the molecule is CCC[C@@H](N)[C@H](F)[C@@H](CC)N(C)c1cnc2c(-c3ccc4nn(C)cc4c3Cl)c[nH]c2n1. The number of anilines is 1. The molecule has 9 heteroatoms. The van der Waals surface area contributed by atoms with Crippen molar-refractivity contribution in [2.24, 2.45) is 12.8 Å². The predicted molar refractivity (Wildman–Crippen MR) is 129 cm³/mol. The van der Waals surface area contributed by atoms with Gasteiger partial charge in [-0.15, -0.1) is 0 Å². The topological polar surface area (TPSA) is 88.6 Å². The Hall–Kier alpha value is -2.71. The van der Waals surface area contributed by atoms with Gasteiger partial charge in [-0.25, -0.2) is 14.4 Å². The van der Waals surface area contributed by atoms with Gasteiger partial charge in [0.05, 0.1) is 22.8 Å². The van der Waals surface area contributed by atoms with E-state index < -0.39 is 12.2 Å². The smallest absolute Gasteiger partial charge is 0.159 e.